The molecule has 1 aromatic carbocycles. The van der Waals surface area contributed by atoms with Crippen molar-refractivity contribution < 1.29 is 17.9 Å². The molecule has 0 aliphatic carbocycles. The molecule has 0 saturated heterocycles. The van der Waals surface area contributed by atoms with Crippen LogP contribution in [0.4, 0.5) is 0 Å². The van der Waals surface area contributed by atoms with E-state index in [4.69, 9.17) is 4.74 Å². The summed E-state index contributed by atoms with van der Waals surface area (Å²) in [6.45, 7) is 3.69. The Morgan fingerprint density at radius 1 is 1.24 bits per heavy atom. The molecule has 0 aliphatic heterocycles. The molecule has 0 unspecified atom stereocenters. The fourth-order valence-electron chi connectivity index (χ4n) is 1.15. The molecule has 0 amide bonds. The highest BCUT2D eigenvalue weighted by Gasteiger charge is 2.09. The summed E-state index contributed by atoms with van der Waals surface area (Å²) in [5.74, 6) is -0.428. The molecule has 0 radical (unpaired) electrons. The smallest absolute Gasteiger partial charge is 0.308 e. The minimum Gasteiger partial charge on any atom is -0.461 e. The molecule has 0 fully saturated rings. The molecule has 0 aliphatic rings. The first kappa shape index (κ1) is 13.7. The van der Waals surface area contributed by atoms with Crippen LogP contribution in [0.5, 0.6) is 0 Å². The molecule has 1 rings (SSSR count). The Bertz CT molecular complexity index is 486. The average molecular weight is 256 g/mol. The molecular formula is C12H16O4S. The maximum Gasteiger partial charge on any atom is 0.308 e. The van der Waals surface area contributed by atoms with Crippen LogP contribution in [-0.4, -0.2) is 20.6 Å². The number of hydrogen-bond donors (Lipinski definition) is 0. The number of esters is 1. The van der Waals surface area contributed by atoms with Crippen molar-refractivity contribution >= 4 is 15.8 Å². The van der Waals surface area contributed by atoms with Crippen molar-refractivity contribution in [2.75, 3.05) is 6.26 Å². The standard InChI is InChI=1S/C12H16O4S/c1-9(2)12(13)16-8-10-4-6-11(7-5-10)17(3,14)15/h4-7,9H,8H2,1-3H3. The zero-order valence-corrected chi connectivity index (χ0v) is 11.0. The highest BCUT2D eigenvalue weighted by molar-refractivity contribution is 7.90. The zero-order valence-electron chi connectivity index (χ0n) is 10.1. The van der Waals surface area contributed by atoms with Gasteiger partial charge in [0, 0.05) is 6.26 Å². The third-order valence-corrected chi connectivity index (χ3v) is 3.33. The van der Waals surface area contributed by atoms with E-state index in [2.05, 4.69) is 0 Å². The molecule has 1 aromatic rings. The largest absolute Gasteiger partial charge is 0.461 e. The van der Waals surface area contributed by atoms with Gasteiger partial charge in [0.1, 0.15) is 6.61 Å². The van der Waals surface area contributed by atoms with Crippen LogP contribution >= 0.6 is 0 Å². The molecule has 0 heterocycles. The number of rotatable bonds is 4. The molecular weight excluding hydrogens is 240 g/mol. The van der Waals surface area contributed by atoms with Crippen LogP contribution in [0.25, 0.3) is 0 Å². The van der Waals surface area contributed by atoms with Crippen LogP contribution < -0.4 is 0 Å². The number of carbonyl (C=O) groups excluding carboxylic acids is 1. The molecule has 0 N–H and O–H groups in total. The Morgan fingerprint density at radius 3 is 2.18 bits per heavy atom. The van der Waals surface area contributed by atoms with Crippen molar-refractivity contribution in [3.8, 4) is 0 Å². The van der Waals surface area contributed by atoms with Gasteiger partial charge in [0.05, 0.1) is 10.8 Å². The lowest BCUT2D eigenvalue weighted by Gasteiger charge is -2.07. The van der Waals surface area contributed by atoms with Gasteiger partial charge >= 0.3 is 5.97 Å². The van der Waals surface area contributed by atoms with E-state index in [1.165, 1.54) is 12.1 Å². The maximum absolute atomic E-state index is 11.2. The Morgan fingerprint density at radius 2 is 1.76 bits per heavy atom. The van der Waals surface area contributed by atoms with Crippen molar-refractivity contribution in [1.29, 1.82) is 0 Å². The van der Waals surface area contributed by atoms with Gasteiger partial charge in [0.25, 0.3) is 0 Å². The van der Waals surface area contributed by atoms with Crippen molar-refractivity contribution in [3.63, 3.8) is 0 Å². The van der Waals surface area contributed by atoms with Crippen LogP contribution in [-0.2, 0) is 26.0 Å². The average Bonchev–Trinajstić information content (AvgIpc) is 2.25. The molecule has 0 atom stereocenters. The molecule has 94 valence electrons. The monoisotopic (exact) mass is 256 g/mol. The van der Waals surface area contributed by atoms with E-state index in [0.29, 0.717) is 0 Å². The van der Waals surface area contributed by atoms with Crippen molar-refractivity contribution in [3.05, 3.63) is 29.8 Å². The van der Waals surface area contributed by atoms with Gasteiger partial charge < -0.3 is 4.74 Å². The van der Waals surface area contributed by atoms with E-state index < -0.39 is 9.84 Å². The minimum atomic E-state index is -3.17. The second kappa shape index (κ2) is 5.31. The SMILES string of the molecule is CC(C)C(=O)OCc1ccc(S(C)(=O)=O)cc1. The van der Waals surface area contributed by atoms with Gasteiger partial charge in [-0.05, 0) is 17.7 Å². The molecule has 5 heteroatoms. The predicted octanol–water partition coefficient (Wildman–Crippen LogP) is 1.79. The molecule has 0 aromatic heterocycles. The van der Waals surface area contributed by atoms with E-state index >= 15 is 0 Å². The van der Waals surface area contributed by atoms with E-state index in [9.17, 15) is 13.2 Å². The second-order valence-electron chi connectivity index (χ2n) is 4.18. The maximum atomic E-state index is 11.2. The van der Waals surface area contributed by atoms with Crippen LogP contribution in [0, 0.1) is 5.92 Å². The number of ether oxygens (including phenoxy) is 1. The summed E-state index contributed by atoms with van der Waals surface area (Å²) in [5, 5.41) is 0. The first-order valence-corrected chi connectivity index (χ1v) is 7.15. The molecule has 4 nitrogen and oxygen atoms in total. The highest BCUT2D eigenvalue weighted by Crippen LogP contribution is 2.11. The number of benzene rings is 1. The Labute approximate surface area is 102 Å². The normalized spacial score (nSPS) is 11.5. The topological polar surface area (TPSA) is 60.4 Å². The minimum absolute atomic E-state index is 0.162. The lowest BCUT2D eigenvalue weighted by atomic mass is 10.2. The number of hydrogen-bond acceptors (Lipinski definition) is 4. The van der Waals surface area contributed by atoms with E-state index in [1.54, 1.807) is 26.0 Å². The fourth-order valence-corrected chi connectivity index (χ4v) is 1.78. The third kappa shape index (κ3) is 4.19. The Kier molecular flexibility index (Phi) is 4.28. The second-order valence-corrected chi connectivity index (χ2v) is 6.19. The van der Waals surface area contributed by atoms with Gasteiger partial charge in [-0.2, -0.15) is 0 Å². The number of sulfone groups is 1. The first-order valence-electron chi connectivity index (χ1n) is 5.26. The lowest BCUT2D eigenvalue weighted by molar-refractivity contribution is -0.148. The summed E-state index contributed by atoms with van der Waals surface area (Å²) in [4.78, 5) is 11.5. The Balaban J connectivity index is 2.67. The summed E-state index contributed by atoms with van der Waals surface area (Å²) in [6, 6.07) is 6.30. The van der Waals surface area contributed by atoms with Gasteiger partial charge in [0.15, 0.2) is 9.84 Å². The van der Waals surface area contributed by atoms with Crippen LogP contribution in [0.1, 0.15) is 19.4 Å². The van der Waals surface area contributed by atoms with Gasteiger partial charge in [-0.3, -0.25) is 4.79 Å². The van der Waals surface area contributed by atoms with Gasteiger partial charge in [-0.25, -0.2) is 8.42 Å². The van der Waals surface area contributed by atoms with E-state index in [1.807, 2.05) is 0 Å². The summed E-state index contributed by atoms with van der Waals surface area (Å²) in [7, 11) is -3.17. The fraction of sp³-hybridized carbons (Fsp3) is 0.417. The van der Waals surface area contributed by atoms with Crippen molar-refractivity contribution in [1.82, 2.24) is 0 Å². The Hall–Kier alpha value is -1.36. The predicted molar refractivity (Wildman–Crippen MR) is 64.2 cm³/mol. The van der Waals surface area contributed by atoms with Crippen LogP contribution in [0.2, 0.25) is 0 Å². The number of carbonyl (C=O) groups is 1. The van der Waals surface area contributed by atoms with Gasteiger partial charge in [0.2, 0.25) is 0 Å². The zero-order chi connectivity index (χ0) is 13.1. The first-order chi connectivity index (χ1) is 7.80. The van der Waals surface area contributed by atoms with E-state index in [-0.39, 0.29) is 23.4 Å². The quantitative estimate of drug-likeness (QED) is 0.771. The van der Waals surface area contributed by atoms with Crippen molar-refractivity contribution in [2.24, 2.45) is 5.92 Å². The van der Waals surface area contributed by atoms with Gasteiger partial charge in [-0.15, -0.1) is 0 Å². The molecule has 0 bridgehead atoms. The highest BCUT2D eigenvalue weighted by atomic mass is 32.2. The summed E-state index contributed by atoms with van der Waals surface area (Å²) in [6.07, 6.45) is 1.15. The summed E-state index contributed by atoms with van der Waals surface area (Å²) >= 11 is 0. The van der Waals surface area contributed by atoms with E-state index in [0.717, 1.165) is 11.8 Å². The van der Waals surface area contributed by atoms with Gasteiger partial charge in [-0.1, -0.05) is 26.0 Å². The van der Waals surface area contributed by atoms with Crippen LogP contribution in [0.15, 0.2) is 29.2 Å². The third-order valence-electron chi connectivity index (χ3n) is 2.20. The molecule has 0 saturated carbocycles. The van der Waals surface area contributed by atoms with Crippen LogP contribution in [0.3, 0.4) is 0 Å². The summed E-state index contributed by atoms with van der Waals surface area (Å²) < 4.78 is 27.5. The van der Waals surface area contributed by atoms with Crippen molar-refractivity contribution in [2.45, 2.75) is 25.3 Å². The lowest BCUT2D eigenvalue weighted by Crippen LogP contribution is -2.11. The molecule has 0 spiro atoms. The molecule has 17 heavy (non-hydrogen) atoms. The summed E-state index contributed by atoms with van der Waals surface area (Å²) in [5.41, 5.74) is 0.770.